The molecule has 19 heavy (non-hydrogen) atoms. The standard InChI is InChI=1S/C14H9BrClFO2/c15-10-5-12(17)7-13(6-10)19-8-14(18)9-1-3-11(16)4-2-9/h1-7H,8H2. The van der Waals surface area contributed by atoms with E-state index in [1.165, 1.54) is 12.1 Å². The zero-order valence-electron chi connectivity index (χ0n) is 9.70. The highest BCUT2D eigenvalue weighted by atomic mass is 79.9. The Morgan fingerprint density at radius 1 is 1.21 bits per heavy atom. The third-order valence-corrected chi connectivity index (χ3v) is 3.08. The van der Waals surface area contributed by atoms with E-state index in [2.05, 4.69) is 15.9 Å². The van der Waals surface area contributed by atoms with Crippen LogP contribution in [0.1, 0.15) is 10.4 Å². The van der Waals surface area contributed by atoms with Crippen LogP contribution < -0.4 is 4.74 Å². The van der Waals surface area contributed by atoms with E-state index in [9.17, 15) is 9.18 Å². The number of halogens is 3. The molecule has 2 nitrogen and oxygen atoms in total. The van der Waals surface area contributed by atoms with Crippen molar-refractivity contribution in [1.82, 2.24) is 0 Å². The molecular weight excluding hydrogens is 335 g/mol. The highest BCUT2D eigenvalue weighted by Gasteiger charge is 2.07. The van der Waals surface area contributed by atoms with E-state index in [-0.39, 0.29) is 12.4 Å². The zero-order chi connectivity index (χ0) is 13.8. The number of Topliss-reactive ketones (excluding diaryl/α,β-unsaturated/α-hetero) is 1. The molecule has 0 N–H and O–H groups in total. The average molecular weight is 344 g/mol. The smallest absolute Gasteiger partial charge is 0.200 e. The molecule has 0 aliphatic carbocycles. The molecule has 0 amide bonds. The number of carbonyl (C=O) groups is 1. The molecule has 0 heterocycles. The first-order valence-electron chi connectivity index (χ1n) is 5.42. The molecule has 0 atom stereocenters. The lowest BCUT2D eigenvalue weighted by Crippen LogP contribution is -2.11. The first kappa shape index (κ1) is 14.0. The minimum absolute atomic E-state index is 0.155. The van der Waals surface area contributed by atoms with Gasteiger partial charge in [-0.05, 0) is 36.4 Å². The topological polar surface area (TPSA) is 26.3 Å². The van der Waals surface area contributed by atoms with Crippen LogP contribution >= 0.6 is 27.5 Å². The van der Waals surface area contributed by atoms with Crippen molar-refractivity contribution in [3.8, 4) is 5.75 Å². The van der Waals surface area contributed by atoms with Crippen molar-refractivity contribution in [2.24, 2.45) is 0 Å². The Labute approximate surface area is 123 Å². The number of ketones is 1. The monoisotopic (exact) mass is 342 g/mol. The summed E-state index contributed by atoms with van der Waals surface area (Å²) in [6.45, 7) is -0.155. The second kappa shape index (κ2) is 6.17. The lowest BCUT2D eigenvalue weighted by molar-refractivity contribution is 0.0921. The predicted molar refractivity (Wildman–Crippen MR) is 75.4 cm³/mol. The second-order valence-electron chi connectivity index (χ2n) is 3.82. The Hall–Kier alpha value is -1.39. The molecular formula is C14H9BrClFO2. The van der Waals surface area contributed by atoms with Gasteiger partial charge < -0.3 is 4.74 Å². The number of rotatable bonds is 4. The van der Waals surface area contributed by atoms with Gasteiger partial charge in [-0.25, -0.2) is 4.39 Å². The number of ether oxygens (including phenoxy) is 1. The Morgan fingerprint density at radius 2 is 1.89 bits per heavy atom. The van der Waals surface area contributed by atoms with Crippen molar-refractivity contribution in [2.75, 3.05) is 6.61 Å². The lowest BCUT2D eigenvalue weighted by atomic mass is 10.1. The van der Waals surface area contributed by atoms with E-state index in [1.807, 2.05) is 0 Å². The van der Waals surface area contributed by atoms with Crippen molar-refractivity contribution >= 4 is 33.3 Å². The molecule has 0 spiro atoms. The van der Waals surface area contributed by atoms with Gasteiger partial charge in [0.15, 0.2) is 12.4 Å². The maximum atomic E-state index is 13.1. The van der Waals surface area contributed by atoms with Crippen LogP contribution in [-0.2, 0) is 0 Å². The van der Waals surface area contributed by atoms with E-state index in [1.54, 1.807) is 30.3 Å². The van der Waals surface area contributed by atoms with Crippen LogP contribution in [0.3, 0.4) is 0 Å². The summed E-state index contributed by atoms with van der Waals surface area (Å²) in [6.07, 6.45) is 0. The first-order chi connectivity index (χ1) is 9.04. The Morgan fingerprint density at radius 3 is 2.53 bits per heavy atom. The fourth-order valence-electron chi connectivity index (χ4n) is 1.48. The van der Waals surface area contributed by atoms with Gasteiger partial charge in [0, 0.05) is 21.1 Å². The van der Waals surface area contributed by atoms with Crippen LogP contribution in [0.25, 0.3) is 0 Å². The van der Waals surface area contributed by atoms with Crippen LogP contribution in [0.4, 0.5) is 4.39 Å². The molecule has 0 unspecified atom stereocenters. The molecule has 2 aromatic rings. The summed E-state index contributed by atoms with van der Waals surface area (Å²) in [4.78, 5) is 11.8. The molecule has 98 valence electrons. The third kappa shape index (κ3) is 4.04. The minimum atomic E-state index is -0.427. The molecule has 2 rings (SSSR count). The summed E-state index contributed by atoms with van der Waals surface area (Å²) in [5.74, 6) is -0.324. The average Bonchev–Trinajstić information content (AvgIpc) is 2.36. The van der Waals surface area contributed by atoms with Gasteiger partial charge in [-0.2, -0.15) is 0 Å². The highest BCUT2D eigenvalue weighted by Crippen LogP contribution is 2.20. The molecule has 0 saturated heterocycles. The fraction of sp³-hybridized carbons (Fsp3) is 0.0714. The van der Waals surface area contributed by atoms with Crippen LogP contribution in [0.15, 0.2) is 46.9 Å². The molecule has 5 heteroatoms. The predicted octanol–water partition coefficient (Wildman–Crippen LogP) is 4.50. The number of hydrogen-bond donors (Lipinski definition) is 0. The van der Waals surface area contributed by atoms with E-state index in [0.29, 0.717) is 20.8 Å². The summed E-state index contributed by atoms with van der Waals surface area (Å²) in [5, 5.41) is 0.562. The maximum absolute atomic E-state index is 13.1. The summed E-state index contributed by atoms with van der Waals surface area (Å²) in [7, 11) is 0. The van der Waals surface area contributed by atoms with Gasteiger partial charge >= 0.3 is 0 Å². The minimum Gasteiger partial charge on any atom is -0.485 e. The van der Waals surface area contributed by atoms with E-state index in [0.717, 1.165) is 0 Å². The summed E-state index contributed by atoms with van der Waals surface area (Å²) < 4.78 is 18.9. The molecule has 0 aliphatic rings. The van der Waals surface area contributed by atoms with Gasteiger partial charge in [0.05, 0.1) is 0 Å². The van der Waals surface area contributed by atoms with Gasteiger partial charge in [-0.1, -0.05) is 27.5 Å². The Balaban J connectivity index is 2.02. The molecule has 0 fully saturated rings. The van der Waals surface area contributed by atoms with E-state index >= 15 is 0 Å². The van der Waals surface area contributed by atoms with Crippen molar-refractivity contribution in [1.29, 1.82) is 0 Å². The van der Waals surface area contributed by atoms with E-state index in [4.69, 9.17) is 16.3 Å². The third-order valence-electron chi connectivity index (χ3n) is 2.37. The Bertz CT molecular complexity index is 579. The molecule has 0 saturated carbocycles. The van der Waals surface area contributed by atoms with Crippen molar-refractivity contribution in [3.05, 3.63) is 63.3 Å². The van der Waals surface area contributed by atoms with Gasteiger partial charge in [-0.3, -0.25) is 4.79 Å². The first-order valence-corrected chi connectivity index (χ1v) is 6.59. The summed E-state index contributed by atoms with van der Waals surface area (Å²) in [5.41, 5.74) is 0.500. The number of benzene rings is 2. The van der Waals surface area contributed by atoms with Gasteiger partial charge in [0.25, 0.3) is 0 Å². The normalized spacial score (nSPS) is 10.3. The van der Waals surface area contributed by atoms with Gasteiger partial charge in [-0.15, -0.1) is 0 Å². The largest absolute Gasteiger partial charge is 0.485 e. The maximum Gasteiger partial charge on any atom is 0.200 e. The Kier molecular flexibility index (Phi) is 4.56. The van der Waals surface area contributed by atoms with Gasteiger partial charge in [0.1, 0.15) is 11.6 Å². The van der Waals surface area contributed by atoms with Crippen LogP contribution in [0.2, 0.25) is 5.02 Å². The second-order valence-corrected chi connectivity index (χ2v) is 5.18. The highest BCUT2D eigenvalue weighted by molar-refractivity contribution is 9.10. The number of carbonyl (C=O) groups excluding carboxylic acids is 1. The molecule has 0 aromatic heterocycles. The quantitative estimate of drug-likeness (QED) is 0.764. The van der Waals surface area contributed by atoms with Crippen LogP contribution in [0, 0.1) is 5.82 Å². The summed E-state index contributed by atoms with van der Waals surface area (Å²) >= 11 is 8.89. The lowest BCUT2D eigenvalue weighted by Gasteiger charge is -2.06. The van der Waals surface area contributed by atoms with Crippen molar-refractivity contribution in [3.63, 3.8) is 0 Å². The molecule has 0 radical (unpaired) electrons. The van der Waals surface area contributed by atoms with Crippen molar-refractivity contribution in [2.45, 2.75) is 0 Å². The van der Waals surface area contributed by atoms with Crippen molar-refractivity contribution < 1.29 is 13.9 Å². The summed E-state index contributed by atoms with van der Waals surface area (Å²) in [6, 6.07) is 10.6. The number of hydrogen-bond acceptors (Lipinski definition) is 2. The van der Waals surface area contributed by atoms with Gasteiger partial charge in [0.2, 0.25) is 0 Å². The van der Waals surface area contributed by atoms with E-state index < -0.39 is 5.82 Å². The SMILES string of the molecule is O=C(COc1cc(F)cc(Br)c1)c1ccc(Cl)cc1. The van der Waals surface area contributed by atoms with Crippen LogP contribution in [-0.4, -0.2) is 12.4 Å². The fourth-order valence-corrected chi connectivity index (χ4v) is 2.05. The molecule has 2 aromatic carbocycles. The van der Waals surface area contributed by atoms with Crippen LogP contribution in [0.5, 0.6) is 5.75 Å². The molecule has 0 bridgehead atoms. The molecule has 0 aliphatic heterocycles. The zero-order valence-corrected chi connectivity index (χ0v) is 12.0.